The van der Waals surface area contributed by atoms with Gasteiger partial charge in [-0.15, -0.1) is 0 Å². The van der Waals surface area contributed by atoms with Crippen molar-refractivity contribution in [2.75, 3.05) is 6.61 Å². The first-order valence-electron chi connectivity index (χ1n) is 7.91. The van der Waals surface area contributed by atoms with E-state index in [1.807, 2.05) is 12.1 Å². The van der Waals surface area contributed by atoms with E-state index in [2.05, 4.69) is 38.2 Å². The number of hydrogen-bond acceptors (Lipinski definition) is 2. The Morgan fingerprint density at radius 1 is 1.29 bits per heavy atom. The molecule has 1 fully saturated rings. The predicted octanol–water partition coefficient (Wildman–Crippen LogP) is 3.48. The van der Waals surface area contributed by atoms with Crippen LogP contribution in [-0.4, -0.2) is 23.7 Å². The third-order valence-electron chi connectivity index (χ3n) is 4.16. The maximum Gasteiger partial charge on any atom is 0.251 e. The first-order valence-corrected chi connectivity index (χ1v) is 7.91. The van der Waals surface area contributed by atoms with Gasteiger partial charge in [-0.05, 0) is 48.3 Å². The maximum atomic E-state index is 12.2. The van der Waals surface area contributed by atoms with Crippen LogP contribution in [0.4, 0.5) is 0 Å². The number of amides is 1. The van der Waals surface area contributed by atoms with Gasteiger partial charge in [-0.1, -0.05) is 39.3 Å². The van der Waals surface area contributed by atoms with Gasteiger partial charge < -0.3 is 10.4 Å². The third kappa shape index (κ3) is 4.57. The molecule has 0 bridgehead atoms. The van der Waals surface area contributed by atoms with E-state index in [9.17, 15) is 9.90 Å². The van der Waals surface area contributed by atoms with E-state index in [4.69, 9.17) is 0 Å². The van der Waals surface area contributed by atoms with Crippen molar-refractivity contribution in [1.29, 1.82) is 0 Å². The molecule has 1 amide bonds. The SMILES string of the molecule is CC(C)(C)CC(CO)NC(=O)c1ccc(C2CCC2)cc1. The zero-order chi connectivity index (χ0) is 15.5. The molecule has 1 saturated carbocycles. The van der Waals surface area contributed by atoms with E-state index in [0.29, 0.717) is 11.5 Å². The van der Waals surface area contributed by atoms with Crippen LogP contribution in [0, 0.1) is 5.41 Å². The summed E-state index contributed by atoms with van der Waals surface area (Å²) in [5.74, 6) is 0.589. The summed E-state index contributed by atoms with van der Waals surface area (Å²) in [5, 5.41) is 12.4. The Morgan fingerprint density at radius 3 is 2.33 bits per heavy atom. The fraction of sp³-hybridized carbons (Fsp3) is 0.611. The van der Waals surface area contributed by atoms with E-state index >= 15 is 0 Å². The van der Waals surface area contributed by atoms with Crippen LogP contribution in [-0.2, 0) is 0 Å². The Balaban J connectivity index is 1.95. The first kappa shape index (κ1) is 16.0. The van der Waals surface area contributed by atoms with E-state index in [1.165, 1.54) is 24.8 Å². The molecule has 2 rings (SSSR count). The van der Waals surface area contributed by atoms with E-state index in [0.717, 1.165) is 6.42 Å². The van der Waals surface area contributed by atoms with Crippen LogP contribution in [0.25, 0.3) is 0 Å². The number of carbonyl (C=O) groups is 1. The fourth-order valence-electron chi connectivity index (χ4n) is 2.82. The molecule has 1 aromatic carbocycles. The van der Waals surface area contributed by atoms with Crippen LogP contribution >= 0.6 is 0 Å². The lowest BCUT2D eigenvalue weighted by molar-refractivity contribution is 0.0897. The average molecular weight is 289 g/mol. The van der Waals surface area contributed by atoms with Gasteiger partial charge in [0, 0.05) is 5.56 Å². The van der Waals surface area contributed by atoms with Crippen molar-refractivity contribution < 1.29 is 9.90 Å². The summed E-state index contributed by atoms with van der Waals surface area (Å²) in [4.78, 5) is 12.2. The number of carbonyl (C=O) groups excluding carboxylic acids is 1. The van der Waals surface area contributed by atoms with E-state index in [-0.39, 0.29) is 24.0 Å². The lowest BCUT2D eigenvalue weighted by Gasteiger charge is -2.26. The van der Waals surface area contributed by atoms with Gasteiger partial charge in [0.2, 0.25) is 0 Å². The Hall–Kier alpha value is -1.35. The van der Waals surface area contributed by atoms with Crippen molar-refractivity contribution in [3.05, 3.63) is 35.4 Å². The lowest BCUT2D eigenvalue weighted by atomic mass is 9.80. The van der Waals surface area contributed by atoms with Gasteiger partial charge in [-0.25, -0.2) is 0 Å². The second kappa shape index (κ2) is 6.61. The van der Waals surface area contributed by atoms with Crippen LogP contribution in [0.2, 0.25) is 0 Å². The molecule has 0 saturated heterocycles. The summed E-state index contributed by atoms with van der Waals surface area (Å²) in [6, 6.07) is 7.74. The molecule has 0 aromatic heterocycles. The lowest BCUT2D eigenvalue weighted by Crippen LogP contribution is -2.40. The van der Waals surface area contributed by atoms with Crippen molar-refractivity contribution in [3.63, 3.8) is 0 Å². The average Bonchev–Trinajstić information content (AvgIpc) is 2.35. The largest absolute Gasteiger partial charge is 0.394 e. The zero-order valence-electron chi connectivity index (χ0n) is 13.4. The summed E-state index contributed by atoms with van der Waals surface area (Å²) in [6.45, 7) is 6.29. The molecule has 2 N–H and O–H groups in total. The van der Waals surface area contributed by atoms with E-state index in [1.54, 1.807) is 0 Å². The Labute approximate surface area is 127 Å². The van der Waals surface area contributed by atoms with Crippen LogP contribution in [0.3, 0.4) is 0 Å². The minimum Gasteiger partial charge on any atom is -0.394 e. The molecular weight excluding hydrogens is 262 g/mol. The molecule has 116 valence electrons. The molecule has 1 unspecified atom stereocenters. The molecule has 0 aliphatic heterocycles. The minimum absolute atomic E-state index is 0.0246. The third-order valence-corrected chi connectivity index (χ3v) is 4.16. The number of benzene rings is 1. The fourth-order valence-corrected chi connectivity index (χ4v) is 2.82. The van der Waals surface area contributed by atoms with Gasteiger partial charge >= 0.3 is 0 Å². The standard InChI is InChI=1S/C18H27NO2/c1-18(2,3)11-16(12-20)19-17(21)15-9-7-14(8-10-15)13-5-4-6-13/h7-10,13,16,20H,4-6,11-12H2,1-3H3,(H,19,21). The highest BCUT2D eigenvalue weighted by molar-refractivity contribution is 5.94. The molecule has 1 aliphatic rings. The monoisotopic (exact) mass is 289 g/mol. The minimum atomic E-state index is -0.191. The highest BCUT2D eigenvalue weighted by Gasteiger charge is 2.21. The smallest absolute Gasteiger partial charge is 0.251 e. The number of rotatable bonds is 5. The molecule has 1 aliphatic carbocycles. The summed E-state index contributed by atoms with van der Waals surface area (Å²) >= 11 is 0. The number of aliphatic hydroxyl groups excluding tert-OH is 1. The number of nitrogens with one attached hydrogen (secondary N) is 1. The predicted molar refractivity (Wildman–Crippen MR) is 85.4 cm³/mol. The zero-order valence-corrected chi connectivity index (χ0v) is 13.4. The molecule has 21 heavy (non-hydrogen) atoms. The highest BCUT2D eigenvalue weighted by Crippen LogP contribution is 2.36. The highest BCUT2D eigenvalue weighted by atomic mass is 16.3. The first-order chi connectivity index (χ1) is 9.89. The van der Waals surface area contributed by atoms with Crippen molar-refractivity contribution in [3.8, 4) is 0 Å². The number of hydrogen-bond donors (Lipinski definition) is 2. The molecule has 1 aromatic rings. The second-order valence-electron chi connectivity index (χ2n) is 7.37. The Morgan fingerprint density at radius 2 is 1.90 bits per heavy atom. The van der Waals surface area contributed by atoms with Gasteiger partial charge in [0.15, 0.2) is 0 Å². The molecule has 0 heterocycles. The van der Waals surface area contributed by atoms with E-state index < -0.39 is 0 Å². The Bertz CT molecular complexity index is 469. The van der Waals surface area contributed by atoms with Crippen molar-refractivity contribution in [1.82, 2.24) is 5.32 Å². The summed E-state index contributed by atoms with van der Waals surface area (Å²) in [5.41, 5.74) is 2.09. The van der Waals surface area contributed by atoms with Gasteiger partial charge in [0.1, 0.15) is 0 Å². The van der Waals surface area contributed by atoms with Crippen molar-refractivity contribution >= 4 is 5.91 Å². The van der Waals surface area contributed by atoms with Gasteiger partial charge in [-0.3, -0.25) is 4.79 Å². The van der Waals surface area contributed by atoms with Gasteiger partial charge in [0.25, 0.3) is 5.91 Å². The van der Waals surface area contributed by atoms with Crippen molar-refractivity contribution in [2.45, 2.75) is 58.4 Å². The molecule has 1 atom stereocenters. The van der Waals surface area contributed by atoms with Crippen LogP contribution in [0.15, 0.2) is 24.3 Å². The topological polar surface area (TPSA) is 49.3 Å². The van der Waals surface area contributed by atoms with Crippen LogP contribution in [0.5, 0.6) is 0 Å². The molecule has 0 radical (unpaired) electrons. The quantitative estimate of drug-likeness (QED) is 0.872. The van der Waals surface area contributed by atoms with Crippen LogP contribution in [0.1, 0.15) is 68.3 Å². The Kier molecular flexibility index (Phi) is 5.04. The van der Waals surface area contributed by atoms with Crippen LogP contribution < -0.4 is 5.32 Å². The molecular formula is C18H27NO2. The maximum absolute atomic E-state index is 12.2. The molecule has 0 spiro atoms. The summed E-state index contributed by atoms with van der Waals surface area (Å²) in [6.07, 6.45) is 4.61. The van der Waals surface area contributed by atoms with Crippen molar-refractivity contribution in [2.24, 2.45) is 5.41 Å². The summed E-state index contributed by atoms with van der Waals surface area (Å²) in [7, 11) is 0. The normalized spacial score (nSPS) is 17.1. The molecule has 3 heteroatoms. The van der Waals surface area contributed by atoms with Gasteiger partial charge in [0.05, 0.1) is 12.6 Å². The summed E-state index contributed by atoms with van der Waals surface area (Å²) < 4.78 is 0. The number of aliphatic hydroxyl groups is 1. The molecule has 3 nitrogen and oxygen atoms in total. The second-order valence-corrected chi connectivity index (χ2v) is 7.37. The van der Waals surface area contributed by atoms with Gasteiger partial charge in [-0.2, -0.15) is 0 Å².